The first-order valence-corrected chi connectivity index (χ1v) is 7.26. The van der Waals surface area contributed by atoms with E-state index >= 15 is 0 Å². The first-order chi connectivity index (χ1) is 11.7. The molecule has 3 aromatic rings. The molecule has 0 fully saturated rings. The minimum absolute atomic E-state index is 0.235. The molecule has 1 aliphatic rings. The molecule has 2 aromatic carbocycles. The maximum atomic E-state index is 11.8. The number of Topliss-reactive ketones (excluding diaryl/α,β-unsaturated/α-hetero) is 1. The number of aromatic nitrogens is 2. The predicted molar refractivity (Wildman–Crippen MR) is 86.9 cm³/mol. The molecular weight excluding hydrogens is 306 g/mol. The molecule has 0 spiro atoms. The van der Waals surface area contributed by atoms with Crippen molar-refractivity contribution in [2.24, 2.45) is 0 Å². The lowest BCUT2D eigenvalue weighted by Crippen LogP contribution is -2.12. The molecule has 0 atom stereocenters. The third-order valence-corrected chi connectivity index (χ3v) is 3.63. The molecular formula is C18H11N3O3. The number of carbonyl (C=O) groups is 2. The number of ketones is 1. The second kappa shape index (κ2) is 5.58. The van der Waals surface area contributed by atoms with Crippen LogP contribution in [0.2, 0.25) is 0 Å². The Labute approximate surface area is 137 Å². The van der Waals surface area contributed by atoms with Gasteiger partial charge in [0.15, 0.2) is 0 Å². The number of ether oxygens (including phenoxy) is 1. The van der Waals surface area contributed by atoms with Gasteiger partial charge in [-0.1, -0.05) is 24.3 Å². The van der Waals surface area contributed by atoms with Gasteiger partial charge in [-0.05, 0) is 29.8 Å². The zero-order chi connectivity index (χ0) is 16.5. The lowest BCUT2D eigenvalue weighted by Gasteiger charge is -2.06. The van der Waals surface area contributed by atoms with E-state index in [0.29, 0.717) is 17.0 Å². The van der Waals surface area contributed by atoms with Crippen LogP contribution in [0.3, 0.4) is 0 Å². The summed E-state index contributed by atoms with van der Waals surface area (Å²) in [6.45, 7) is 0. The van der Waals surface area contributed by atoms with E-state index in [9.17, 15) is 9.59 Å². The largest absolute Gasteiger partial charge is 0.424 e. The Bertz CT molecular complexity index is 937. The van der Waals surface area contributed by atoms with Crippen LogP contribution in [0.4, 0.5) is 5.69 Å². The summed E-state index contributed by atoms with van der Waals surface area (Å²) in [6.07, 6.45) is 3.23. The zero-order valence-corrected chi connectivity index (χ0v) is 12.4. The van der Waals surface area contributed by atoms with Crippen molar-refractivity contribution < 1.29 is 14.3 Å². The number of nitrogens with one attached hydrogen (secondary N) is 1. The van der Waals surface area contributed by atoms with Crippen LogP contribution in [0.1, 0.15) is 10.4 Å². The van der Waals surface area contributed by atoms with E-state index in [1.54, 1.807) is 30.6 Å². The Morgan fingerprint density at radius 2 is 1.62 bits per heavy atom. The molecule has 1 aromatic heterocycles. The second-order valence-corrected chi connectivity index (χ2v) is 5.21. The van der Waals surface area contributed by atoms with Gasteiger partial charge >= 0.3 is 6.01 Å². The molecule has 0 bridgehead atoms. The molecule has 0 radical (unpaired) electrons. The SMILES string of the molecule is O=C1Nc2ccc(-c3cnc(Oc4ccccc4)nc3)cc2C1=O. The van der Waals surface area contributed by atoms with Crippen molar-refractivity contribution in [3.05, 3.63) is 66.5 Å². The lowest BCUT2D eigenvalue weighted by atomic mass is 10.0. The summed E-state index contributed by atoms with van der Waals surface area (Å²) in [5.74, 6) is -0.486. The first-order valence-electron chi connectivity index (χ1n) is 7.26. The normalized spacial score (nSPS) is 12.7. The monoisotopic (exact) mass is 317 g/mol. The number of anilines is 1. The Kier molecular flexibility index (Phi) is 3.28. The molecule has 0 unspecified atom stereocenters. The Balaban J connectivity index is 1.60. The number of benzene rings is 2. The first kappa shape index (κ1) is 14.1. The topological polar surface area (TPSA) is 81.2 Å². The van der Waals surface area contributed by atoms with Crippen LogP contribution < -0.4 is 10.1 Å². The molecule has 24 heavy (non-hydrogen) atoms. The number of nitrogens with zero attached hydrogens (tertiary/aromatic N) is 2. The highest BCUT2D eigenvalue weighted by atomic mass is 16.5. The molecule has 6 heteroatoms. The standard InChI is InChI=1S/C18H11N3O3/c22-16-14-8-11(6-7-15(14)21-17(16)23)12-9-19-18(20-10-12)24-13-4-2-1-3-5-13/h1-10H,(H,21,22,23). The van der Waals surface area contributed by atoms with E-state index in [4.69, 9.17) is 4.74 Å². The fourth-order valence-electron chi connectivity index (χ4n) is 2.43. The number of fused-ring (bicyclic) bond motifs is 1. The van der Waals surface area contributed by atoms with Crippen molar-refractivity contribution in [3.63, 3.8) is 0 Å². The van der Waals surface area contributed by atoms with Gasteiger partial charge in [0.05, 0.1) is 11.3 Å². The van der Waals surface area contributed by atoms with E-state index < -0.39 is 11.7 Å². The van der Waals surface area contributed by atoms with E-state index in [1.807, 2.05) is 30.3 Å². The van der Waals surface area contributed by atoms with Crippen molar-refractivity contribution in [1.29, 1.82) is 0 Å². The molecule has 1 aliphatic heterocycles. The van der Waals surface area contributed by atoms with Crippen LogP contribution in [-0.2, 0) is 4.79 Å². The molecule has 0 saturated carbocycles. The highest BCUT2D eigenvalue weighted by molar-refractivity contribution is 6.51. The maximum absolute atomic E-state index is 11.8. The second-order valence-electron chi connectivity index (χ2n) is 5.21. The third kappa shape index (κ3) is 2.50. The minimum Gasteiger partial charge on any atom is -0.424 e. The number of hydrogen-bond donors (Lipinski definition) is 1. The summed E-state index contributed by atoms with van der Waals surface area (Å²) in [5.41, 5.74) is 2.37. The molecule has 6 nitrogen and oxygen atoms in total. The van der Waals surface area contributed by atoms with Gasteiger partial charge in [-0.25, -0.2) is 9.97 Å². The van der Waals surface area contributed by atoms with Crippen LogP contribution in [0.5, 0.6) is 11.8 Å². The van der Waals surface area contributed by atoms with Gasteiger partial charge < -0.3 is 10.1 Å². The summed E-state index contributed by atoms with van der Waals surface area (Å²) in [4.78, 5) is 31.5. The van der Waals surface area contributed by atoms with E-state index in [1.165, 1.54) is 0 Å². The van der Waals surface area contributed by atoms with Crippen LogP contribution in [0.25, 0.3) is 11.1 Å². The van der Waals surface area contributed by atoms with Crippen molar-refractivity contribution in [2.45, 2.75) is 0 Å². The molecule has 116 valence electrons. The fraction of sp³-hybridized carbons (Fsp3) is 0. The number of amides is 1. The Morgan fingerprint density at radius 1 is 0.875 bits per heavy atom. The highest BCUT2D eigenvalue weighted by Gasteiger charge is 2.28. The number of rotatable bonds is 3. The maximum Gasteiger partial charge on any atom is 0.321 e. The van der Waals surface area contributed by atoms with Crippen molar-refractivity contribution in [1.82, 2.24) is 9.97 Å². The summed E-state index contributed by atoms with van der Waals surface area (Å²) in [7, 11) is 0. The molecule has 1 N–H and O–H groups in total. The van der Waals surface area contributed by atoms with Crippen molar-refractivity contribution in [3.8, 4) is 22.9 Å². The lowest BCUT2D eigenvalue weighted by molar-refractivity contribution is -0.112. The van der Waals surface area contributed by atoms with Crippen LogP contribution >= 0.6 is 0 Å². The Morgan fingerprint density at radius 3 is 2.38 bits per heavy atom. The average Bonchev–Trinajstić information content (AvgIpc) is 2.90. The van der Waals surface area contributed by atoms with Crippen LogP contribution in [0, 0.1) is 0 Å². The van der Waals surface area contributed by atoms with Crippen LogP contribution in [-0.4, -0.2) is 21.7 Å². The average molecular weight is 317 g/mol. The molecule has 0 saturated heterocycles. The summed E-state index contributed by atoms with van der Waals surface area (Å²) < 4.78 is 5.54. The fourth-order valence-corrected chi connectivity index (χ4v) is 2.43. The van der Waals surface area contributed by atoms with Crippen molar-refractivity contribution >= 4 is 17.4 Å². The van der Waals surface area contributed by atoms with Gasteiger partial charge in [0.1, 0.15) is 5.75 Å². The molecule has 0 aliphatic carbocycles. The Hall–Kier alpha value is -3.54. The van der Waals surface area contributed by atoms with E-state index in [0.717, 1.165) is 11.1 Å². The van der Waals surface area contributed by atoms with Gasteiger partial charge in [0, 0.05) is 18.0 Å². The third-order valence-electron chi connectivity index (χ3n) is 3.63. The van der Waals surface area contributed by atoms with Gasteiger partial charge in [-0.2, -0.15) is 0 Å². The van der Waals surface area contributed by atoms with Gasteiger partial charge in [0.25, 0.3) is 11.7 Å². The highest BCUT2D eigenvalue weighted by Crippen LogP contribution is 2.29. The van der Waals surface area contributed by atoms with Gasteiger partial charge in [0.2, 0.25) is 0 Å². The summed E-state index contributed by atoms with van der Waals surface area (Å²) in [5, 5.41) is 2.52. The number of carbonyl (C=O) groups excluding carboxylic acids is 2. The summed E-state index contributed by atoms with van der Waals surface area (Å²) in [6, 6.07) is 14.6. The quantitative estimate of drug-likeness (QED) is 0.751. The minimum atomic E-state index is -0.606. The predicted octanol–water partition coefficient (Wildman–Crippen LogP) is 3.07. The van der Waals surface area contributed by atoms with Gasteiger partial charge in [-0.15, -0.1) is 0 Å². The van der Waals surface area contributed by atoms with E-state index in [-0.39, 0.29) is 6.01 Å². The summed E-state index contributed by atoms with van der Waals surface area (Å²) >= 11 is 0. The molecule has 1 amide bonds. The van der Waals surface area contributed by atoms with E-state index in [2.05, 4.69) is 15.3 Å². The van der Waals surface area contributed by atoms with Crippen LogP contribution in [0.15, 0.2) is 60.9 Å². The van der Waals surface area contributed by atoms with Crippen molar-refractivity contribution in [2.75, 3.05) is 5.32 Å². The smallest absolute Gasteiger partial charge is 0.321 e. The zero-order valence-electron chi connectivity index (χ0n) is 12.4. The van der Waals surface area contributed by atoms with Gasteiger partial charge in [-0.3, -0.25) is 9.59 Å². The molecule has 4 rings (SSSR count). The number of hydrogen-bond acceptors (Lipinski definition) is 5. The number of para-hydroxylation sites is 1. The molecule has 2 heterocycles.